The van der Waals surface area contributed by atoms with Crippen LogP contribution in [0.15, 0.2) is 65.9 Å². The van der Waals surface area contributed by atoms with Gasteiger partial charge in [-0.2, -0.15) is 4.98 Å². The lowest BCUT2D eigenvalue weighted by Gasteiger charge is -2.28. The number of rotatable bonds is 7. The Morgan fingerprint density at radius 1 is 1.09 bits per heavy atom. The van der Waals surface area contributed by atoms with Crippen LogP contribution in [-0.4, -0.2) is 41.1 Å². The van der Waals surface area contributed by atoms with Crippen molar-refractivity contribution >= 4 is 11.9 Å². The van der Waals surface area contributed by atoms with Gasteiger partial charge in [-0.15, -0.1) is 5.10 Å². The molecule has 0 radical (unpaired) electrons. The first-order valence-corrected chi connectivity index (χ1v) is 10.7. The molecule has 166 valence electrons. The summed E-state index contributed by atoms with van der Waals surface area (Å²) in [6, 6.07) is 17.6. The predicted molar refractivity (Wildman–Crippen MR) is 123 cm³/mol. The normalized spacial score (nSPS) is 15.5. The zero-order valence-corrected chi connectivity index (χ0v) is 18.8. The van der Waals surface area contributed by atoms with Crippen LogP contribution in [0.3, 0.4) is 0 Å². The summed E-state index contributed by atoms with van der Waals surface area (Å²) < 4.78 is 12.3. The second-order valence-corrected chi connectivity index (χ2v) is 8.09. The molecule has 1 aliphatic rings. The largest absolute Gasteiger partial charge is 0.460 e. The van der Waals surface area contributed by atoms with Crippen LogP contribution >= 0.6 is 0 Å². The number of aromatic nitrogens is 3. The van der Waals surface area contributed by atoms with Crippen molar-refractivity contribution in [2.24, 2.45) is 0 Å². The van der Waals surface area contributed by atoms with E-state index < -0.39 is 12.0 Å². The number of anilines is 1. The van der Waals surface area contributed by atoms with Crippen molar-refractivity contribution in [2.45, 2.75) is 32.7 Å². The summed E-state index contributed by atoms with van der Waals surface area (Å²) >= 11 is 0. The first kappa shape index (κ1) is 21.8. The van der Waals surface area contributed by atoms with Crippen molar-refractivity contribution in [3.8, 4) is 11.4 Å². The lowest BCUT2D eigenvalue weighted by atomic mass is 9.93. The Morgan fingerprint density at radius 2 is 1.81 bits per heavy atom. The summed E-state index contributed by atoms with van der Waals surface area (Å²) in [5.74, 6) is 1.21. The first-order valence-electron chi connectivity index (χ1n) is 10.7. The standard InChI is InChI=1S/C25H28N4O3/c1-16(2)18-10-12-19(13-11-18)22-21(24(30)32-15-14-31-4)17(3)26-25-27-23(28-29(22)25)20-8-6-5-7-9-20/h5-13,16,22H,14-15H2,1-4H3,(H,26,27,28)/t22-/m0/s1. The monoisotopic (exact) mass is 432 g/mol. The number of allylic oxidation sites excluding steroid dienone is 1. The van der Waals surface area contributed by atoms with Crippen LogP contribution in [0.25, 0.3) is 11.4 Å². The number of hydrogen-bond acceptors (Lipinski definition) is 6. The van der Waals surface area contributed by atoms with E-state index >= 15 is 0 Å². The summed E-state index contributed by atoms with van der Waals surface area (Å²) in [7, 11) is 1.58. The molecule has 0 saturated heterocycles. The first-order chi connectivity index (χ1) is 15.5. The van der Waals surface area contributed by atoms with Crippen LogP contribution in [0.5, 0.6) is 0 Å². The maximum atomic E-state index is 13.1. The number of hydrogen-bond donors (Lipinski definition) is 1. The molecule has 0 unspecified atom stereocenters. The van der Waals surface area contributed by atoms with Crippen molar-refractivity contribution in [1.29, 1.82) is 0 Å². The Morgan fingerprint density at radius 3 is 2.47 bits per heavy atom. The number of nitrogens with zero attached hydrogens (tertiary/aromatic N) is 3. The smallest absolute Gasteiger partial charge is 0.338 e. The molecule has 1 aromatic heterocycles. The number of fused-ring (bicyclic) bond motifs is 1. The van der Waals surface area contributed by atoms with E-state index in [1.165, 1.54) is 5.56 Å². The molecule has 0 amide bonds. The Balaban J connectivity index is 1.78. The number of ether oxygens (including phenoxy) is 2. The zero-order chi connectivity index (χ0) is 22.7. The van der Waals surface area contributed by atoms with Crippen LogP contribution in [-0.2, 0) is 14.3 Å². The molecule has 1 N–H and O–H groups in total. The fourth-order valence-electron chi connectivity index (χ4n) is 3.79. The van der Waals surface area contributed by atoms with Gasteiger partial charge < -0.3 is 14.8 Å². The molecule has 1 aliphatic heterocycles. The average Bonchev–Trinajstić information content (AvgIpc) is 3.22. The second kappa shape index (κ2) is 9.36. The highest BCUT2D eigenvalue weighted by Gasteiger charge is 2.35. The van der Waals surface area contributed by atoms with Crippen molar-refractivity contribution in [3.63, 3.8) is 0 Å². The van der Waals surface area contributed by atoms with Crippen molar-refractivity contribution < 1.29 is 14.3 Å². The minimum Gasteiger partial charge on any atom is -0.460 e. The molecule has 0 bridgehead atoms. The van der Waals surface area contributed by atoms with Gasteiger partial charge in [0.15, 0.2) is 5.82 Å². The maximum Gasteiger partial charge on any atom is 0.338 e. The molecule has 2 heterocycles. The molecule has 4 rings (SSSR count). The van der Waals surface area contributed by atoms with Gasteiger partial charge in [-0.25, -0.2) is 9.48 Å². The van der Waals surface area contributed by atoms with Gasteiger partial charge in [0, 0.05) is 18.4 Å². The molecule has 7 nitrogen and oxygen atoms in total. The number of nitrogens with one attached hydrogen (secondary N) is 1. The van der Waals surface area contributed by atoms with Crippen LogP contribution in [0.1, 0.15) is 43.9 Å². The lowest BCUT2D eigenvalue weighted by Crippen LogP contribution is -2.30. The van der Waals surface area contributed by atoms with E-state index in [9.17, 15) is 4.79 Å². The fourth-order valence-corrected chi connectivity index (χ4v) is 3.79. The maximum absolute atomic E-state index is 13.1. The van der Waals surface area contributed by atoms with Crippen LogP contribution < -0.4 is 5.32 Å². The molecule has 7 heteroatoms. The highest BCUT2D eigenvalue weighted by atomic mass is 16.6. The quantitative estimate of drug-likeness (QED) is 0.436. The summed E-state index contributed by atoms with van der Waals surface area (Å²) in [5, 5.41) is 8.01. The highest BCUT2D eigenvalue weighted by molar-refractivity contribution is 5.92. The molecule has 3 aromatic rings. The van der Waals surface area contributed by atoms with E-state index in [1.807, 2.05) is 37.3 Å². The Hall–Kier alpha value is -3.45. The molecular formula is C25H28N4O3. The van der Waals surface area contributed by atoms with E-state index in [2.05, 4.69) is 43.4 Å². The number of esters is 1. The van der Waals surface area contributed by atoms with Gasteiger partial charge in [-0.05, 0) is 24.0 Å². The molecular weight excluding hydrogens is 404 g/mol. The van der Waals surface area contributed by atoms with Crippen molar-refractivity contribution in [2.75, 3.05) is 25.6 Å². The van der Waals surface area contributed by atoms with Crippen molar-refractivity contribution in [3.05, 3.63) is 77.0 Å². The molecule has 0 fully saturated rings. The third-order valence-corrected chi connectivity index (χ3v) is 5.54. The Bertz CT molecular complexity index is 1120. The number of carbonyl (C=O) groups excluding carboxylic acids is 1. The molecule has 0 saturated carbocycles. The van der Waals surface area contributed by atoms with E-state index in [-0.39, 0.29) is 6.61 Å². The van der Waals surface area contributed by atoms with Crippen molar-refractivity contribution in [1.82, 2.24) is 14.8 Å². The van der Waals surface area contributed by atoms with Crippen LogP contribution in [0.4, 0.5) is 5.95 Å². The molecule has 0 aliphatic carbocycles. The van der Waals surface area contributed by atoms with Gasteiger partial charge in [0.25, 0.3) is 0 Å². The summed E-state index contributed by atoms with van der Waals surface area (Å²) in [4.78, 5) is 17.8. The number of carbonyl (C=O) groups is 1. The summed E-state index contributed by atoms with van der Waals surface area (Å²) in [6.07, 6.45) is 0. The number of benzene rings is 2. The topological polar surface area (TPSA) is 78.3 Å². The number of methoxy groups -OCH3 is 1. The average molecular weight is 433 g/mol. The van der Waals surface area contributed by atoms with Gasteiger partial charge >= 0.3 is 5.97 Å². The van der Waals surface area contributed by atoms with E-state index in [4.69, 9.17) is 19.6 Å². The lowest BCUT2D eigenvalue weighted by molar-refractivity contribution is -0.140. The van der Waals surface area contributed by atoms with Gasteiger partial charge in [0.2, 0.25) is 5.95 Å². The molecule has 0 spiro atoms. The van der Waals surface area contributed by atoms with Gasteiger partial charge in [-0.1, -0.05) is 68.4 Å². The predicted octanol–water partition coefficient (Wildman–Crippen LogP) is 4.55. The van der Waals surface area contributed by atoms with Crippen LogP contribution in [0, 0.1) is 0 Å². The SMILES string of the molecule is COCCOC(=O)C1=C(C)Nc2nc(-c3ccccc3)nn2[C@H]1c1ccc(C(C)C)cc1. The van der Waals surface area contributed by atoms with Gasteiger partial charge in [-0.3, -0.25) is 0 Å². The third-order valence-electron chi connectivity index (χ3n) is 5.54. The van der Waals surface area contributed by atoms with Crippen LogP contribution in [0.2, 0.25) is 0 Å². The second-order valence-electron chi connectivity index (χ2n) is 8.09. The minimum atomic E-state index is -0.451. The van der Waals surface area contributed by atoms with Gasteiger partial charge in [0.05, 0.1) is 12.2 Å². The van der Waals surface area contributed by atoms with E-state index in [0.717, 1.165) is 11.1 Å². The third kappa shape index (κ3) is 4.29. The zero-order valence-electron chi connectivity index (χ0n) is 18.8. The highest BCUT2D eigenvalue weighted by Crippen LogP contribution is 2.37. The summed E-state index contributed by atoms with van der Waals surface area (Å²) in [5.41, 5.74) is 4.29. The molecule has 2 aromatic carbocycles. The molecule has 32 heavy (non-hydrogen) atoms. The Kier molecular flexibility index (Phi) is 6.37. The Labute approximate surface area is 188 Å². The molecule has 1 atom stereocenters. The van der Waals surface area contributed by atoms with Gasteiger partial charge in [0.1, 0.15) is 12.6 Å². The van der Waals surface area contributed by atoms with E-state index in [0.29, 0.717) is 35.6 Å². The minimum absolute atomic E-state index is 0.185. The van der Waals surface area contributed by atoms with E-state index in [1.54, 1.807) is 11.8 Å². The summed E-state index contributed by atoms with van der Waals surface area (Å²) in [6.45, 7) is 6.70. The fraction of sp³-hybridized carbons (Fsp3) is 0.320.